The summed E-state index contributed by atoms with van der Waals surface area (Å²) in [5.41, 5.74) is 1.80. The van der Waals surface area contributed by atoms with Gasteiger partial charge in [-0.15, -0.1) is 0 Å². The lowest BCUT2D eigenvalue weighted by molar-refractivity contribution is -0.129. The van der Waals surface area contributed by atoms with Crippen LogP contribution in [0.2, 0.25) is 5.02 Å². The van der Waals surface area contributed by atoms with Crippen molar-refractivity contribution in [2.45, 2.75) is 25.7 Å². The number of amides is 1. The summed E-state index contributed by atoms with van der Waals surface area (Å²) >= 11 is 5.93. The van der Waals surface area contributed by atoms with Crippen LogP contribution >= 0.6 is 11.6 Å². The smallest absolute Gasteiger partial charge is 0.219 e. The van der Waals surface area contributed by atoms with E-state index >= 15 is 0 Å². The van der Waals surface area contributed by atoms with Crippen molar-refractivity contribution < 1.29 is 4.79 Å². The van der Waals surface area contributed by atoms with Gasteiger partial charge in [-0.1, -0.05) is 11.6 Å². The molecule has 1 aliphatic heterocycles. The predicted octanol–water partition coefficient (Wildman–Crippen LogP) is 3.01. The summed E-state index contributed by atoms with van der Waals surface area (Å²) in [6.45, 7) is 3.25. The third kappa shape index (κ3) is 2.61. The van der Waals surface area contributed by atoms with Gasteiger partial charge in [-0.05, 0) is 31.0 Å². The van der Waals surface area contributed by atoms with E-state index in [4.69, 9.17) is 11.6 Å². The summed E-state index contributed by atoms with van der Waals surface area (Å²) in [6.07, 6.45) is 3.55. The topological polar surface area (TPSA) is 46.1 Å². The van der Waals surface area contributed by atoms with Crippen LogP contribution in [0.5, 0.6) is 0 Å². The average Bonchev–Trinajstić information content (AvgIpc) is 2.47. The zero-order chi connectivity index (χ0) is 14.1. The first kappa shape index (κ1) is 13.3. The quantitative estimate of drug-likeness (QED) is 0.811. The van der Waals surface area contributed by atoms with Crippen LogP contribution in [-0.2, 0) is 4.79 Å². The van der Waals surface area contributed by atoms with Crippen LogP contribution in [0.15, 0.2) is 24.4 Å². The highest BCUT2D eigenvalue weighted by atomic mass is 35.5. The van der Waals surface area contributed by atoms with Crippen LogP contribution in [0.3, 0.4) is 0 Å². The Balaban J connectivity index is 1.81. The monoisotopic (exact) mass is 289 g/mol. The number of piperidine rings is 1. The van der Waals surface area contributed by atoms with E-state index < -0.39 is 0 Å². The number of aromatic nitrogens is 2. The number of pyridine rings is 2. The van der Waals surface area contributed by atoms with Gasteiger partial charge in [-0.25, -0.2) is 9.97 Å². The van der Waals surface area contributed by atoms with Gasteiger partial charge < -0.3 is 4.90 Å². The molecule has 3 rings (SSSR count). The molecule has 20 heavy (non-hydrogen) atoms. The second-order valence-electron chi connectivity index (χ2n) is 5.22. The van der Waals surface area contributed by atoms with Crippen LogP contribution in [0, 0.1) is 0 Å². The van der Waals surface area contributed by atoms with Crippen LogP contribution < -0.4 is 0 Å². The van der Waals surface area contributed by atoms with Gasteiger partial charge in [0.25, 0.3) is 0 Å². The van der Waals surface area contributed by atoms with Crippen molar-refractivity contribution in [2.75, 3.05) is 13.1 Å². The third-order valence-electron chi connectivity index (χ3n) is 3.89. The molecule has 0 N–H and O–H groups in total. The molecular weight excluding hydrogens is 274 g/mol. The number of halogens is 1. The molecule has 1 fully saturated rings. The first-order chi connectivity index (χ1) is 9.63. The van der Waals surface area contributed by atoms with Crippen molar-refractivity contribution in [1.29, 1.82) is 0 Å². The molecule has 0 unspecified atom stereocenters. The SMILES string of the molecule is CC(=O)N1CCC(c2ccc3cc(Cl)cnc3n2)CC1. The Hall–Kier alpha value is -1.68. The average molecular weight is 290 g/mol. The molecule has 0 atom stereocenters. The maximum absolute atomic E-state index is 11.3. The van der Waals surface area contributed by atoms with Gasteiger partial charge in [-0.3, -0.25) is 4.79 Å². The molecule has 0 saturated carbocycles. The fourth-order valence-corrected chi connectivity index (χ4v) is 2.88. The Bertz CT molecular complexity index is 651. The lowest BCUT2D eigenvalue weighted by atomic mass is 9.93. The number of carbonyl (C=O) groups excluding carboxylic acids is 1. The zero-order valence-corrected chi connectivity index (χ0v) is 12.1. The van der Waals surface area contributed by atoms with Gasteiger partial charge in [0.1, 0.15) is 0 Å². The van der Waals surface area contributed by atoms with Crippen LogP contribution in [0.4, 0.5) is 0 Å². The number of hydrogen-bond acceptors (Lipinski definition) is 3. The van der Waals surface area contributed by atoms with Crippen LogP contribution in [0.25, 0.3) is 11.0 Å². The zero-order valence-electron chi connectivity index (χ0n) is 11.3. The third-order valence-corrected chi connectivity index (χ3v) is 4.10. The van der Waals surface area contributed by atoms with E-state index in [0.29, 0.717) is 10.9 Å². The van der Waals surface area contributed by atoms with Crippen molar-refractivity contribution >= 4 is 28.5 Å². The molecule has 1 amide bonds. The molecule has 1 saturated heterocycles. The summed E-state index contributed by atoms with van der Waals surface area (Å²) in [6, 6.07) is 5.95. The van der Waals surface area contributed by atoms with E-state index in [-0.39, 0.29) is 5.91 Å². The first-order valence-electron chi connectivity index (χ1n) is 6.81. The van der Waals surface area contributed by atoms with Crippen molar-refractivity contribution in [2.24, 2.45) is 0 Å². The Kier molecular flexibility index (Phi) is 3.57. The highest BCUT2D eigenvalue weighted by Gasteiger charge is 2.23. The van der Waals surface area contributed by atoms with Gasteiger partial charge in [0.2, 0.25) is 5.91 Å². The molecule has 3 heterocycles. The Morgan fingerprint density at radius 1 is 1.35 bits per heavy atom. The number of fused-ring (bicyclic) bond motifs is 1. The Morgan fingerprint density at radius 3 is 2.80 bits per heavy atom. The van der Waals surface area contributed by atoms with Crippen molar-refractivity contribution in [1.82, 2.24) is 14.9 Å². The lowest BCUT2D eigenvalue weighted by Crippen LogP contribution is -2.36. The minimum absolute atomic E-state index is 0.159. The fraction of sp³-hybridized carbons (Fsp3) is 0.400. The second-order valence-corrected chi connectivity index (χ2v) is 5.65. The second kappa shape index (κ2) is 5.37. The normalized spacial score (nSPS) is 16.6. The Labute approximate surface area is 122 Å². The standard InChI is InChI=1S/C15H16ClN3O/c1-10(20)19-6-4-11(5-7-19)14-3-2-12-8-13(16)9-17-15(12)18-14/h2-3,8-9,11H,4-7H2,1H3. The summed E-state index contributed by atoms with van der Waals surface area (Å²) in [5, 5.41) is 1.59. The molecule has 0 bridgehead atoms. The van der Waals surface area contributed by atoms with E-state index in [1.54, 1.807) is 13.1 Å². The highest BCUT2D eigenvalue weighted by molar-refractivity contribution is 6.31. The van der Waals surface area contributed by atoms with E-state index in [2.05, 4.69) is 16.0 Å². The maximum atomic E-state index is 11.3. The Morgan fingerprint density at radius 2 is 2.10 bits per heavy atom. The van der Waals surface area contributed by atoms with Crippen LogP contribution in [0.1, 0.15) is 31.4 Å². The first-order valence-corrected chi connectivity index (χ1v) is 7.19. The summed E-state index contributed by atoms with van der Waals surface area (Å²) in [7, 11) is 0. The molecule has 0 aliphatic carbocycles. The molecule has 2 aromatic rings. The molecule has 0 aromatic carbocycles. The number of nitrogens with zero attached hydrogens (tertiary/aromatic N) is 3. The number of rotatable bonds is 1. The summed E-state index contributed by atoms with van der Waals surface area (Å²) < 4.78 is 0. The summed E-state index contributed by atoms with van der Waals surface area (Å²) in [5.74, 6) is 0.568. The van der Waals surface area contributed by atoms with Crippen molar-refractivity contribution in [3.05, 3.63) is 35.1 Å². The van der Waals surface area contributed by atoms with Gasteiger partial charge in [0.15, 0.2) is 5.65 Å². The van der Waals surface area contributed by atoms with Gasteiger partial charge >= 0.3 is 0 Å². The van der Waals surface area contributed by atoms with Crippen molar-refractivity contribution in [3.63, 3.8) is 0 Å². The molecule has 4 nitrogen and oxygen atoms in total. The number of carbonyl (C=O) groups is 1. The van der Waals surface area contributed by atoms with Gasteiger partial charge in [-0.2, -0.15) is 0 Å². The van der Waals surface area contributed by atoms with Crippen molar-refractivity contribution in [3.8, 4) is 0 Å². The largest absolute Gasteiger partial charge is 0.343 e. The summed E-state index contributed by atoms with van der Waals surface area (Å²) in [4.78, 5) is 22.1. The molecule has 0 radical (unpaired) electrons. The molecule has 104 valence electrons. The molecule has 5 heteroatoms. The number of likely N-dealkylation sites (tertiary alicyclic amines) is 1. The van der Waals surface area contributed by atoms with E-state index in [1.165, 1.54) is 0 Å². The lowest BCUT2D eigenvalue weighted by Gasteiger charge is -2.31. The minimum Gasteiger partial charge on any atom is -0.343 e. The van der Waals surface area contributed by atoms with Gasteiger partial charge in [0.05, 0.1) is 5.02 Å². The molecular formula is C15H16ClN3O. The number of hydrogen-bond donors (Lipinski definition) is 0. The molecule has 0 spiro atoms. The minimum atomic E-state index is 0.159. The van der Waals surface area contributed by atoms with E-state index in [9.17, 15) is 4.79 Å². The fourth-order valence-electron chi connectivity index (χ4n) is 2.72. The van der Waals surface area contributed by atoms with E-state index in [1.807, 2.05) is 17.0 Å². The molecule has 1 aliphatic rings. The maximum Gasteiger partial charge on any atom is 0.219 e. The van der Waals surface area contributed by atoms with E-state index in [0.717, 1.165) is 42.7 Å². The highest BCUT2D eigenvalue weighted by Crippen LogP contribution is 2.28. The van der Waals surface area contributed by atoms with Crippen LogP contribution in [-0.4, -0.2) is 33.9 Å². The molecule has 2 aromatic heterocycles. The predicted molar refractivity (Wildman–Crippen MR) is 78.8 cm³/mol. The van der Waals surface area contributed by atoms with Gasteiger partial charge in [0, 0.05) is 43.2 Å².